The van der Waals surface area contributed by atoms with Gasteiger partial charge in [0, 0.05) is 13.1 Å². The second-order valence-electron chi connectivity index (χ2n) is 9.07. The molecule has 0 aromatic heterocycles. The van der Waals surface area contributed by atoms with Crippen LogP contribution in [0.4, 0.5) is 0 Å². The number of likely N-dealkylation sites (tertiary alicyclic amines) is 1. The van der Waals surface area contributed by atoms with Gasteiger partial charge < -0.3 is 15.7 Å². The van der Waals surface area contributed by atoms with Gasteiger partial charge in [-0.25, -0.2) is 4.79 Å². The maximum absolute atomic E-state index is 12.5. The molecule has 5 heteroatoms. The number of nitrogens with zero attached hydrogens (tertiary/aromatic N) is 1. The number of amides is 1. The van der Waals surface area contributed by atoms with E-state index >= 15 is 0 Å². The Labute approximate surface area is 170 Å². The van der Waals surface area contributed by atoms with E-state index in [1.54, 1.807) is 12.1 Å². The zero-order valence-corrected chi connectivity index (χ0v) is 16.4. The maximum Gasteiger partial charge on any atom is 0.335 e. The lowest BCUT2D eigenvalue weighted by Gasteiger charge is -2.34. The number of piperidine rings is 1. The van der Waals surface area contributed by atoms with E-state index in [9.17, 15) is 9.59 Å². The highest BCUT2D eigenvalue weighted by atomic mass is 16.4. The van der Waals surface area contributed by atoms with Crippen LogP contribution >= 0.6 is 0 Å². The van der Waals surface area contributed by atoms with Gasteiger partial charge in [-0.05, 0) is 72.3 Å². The Morgan fingerprint density at radius 2 is 1.45 bits per heavy atom. The maximum atomic E-state index is 12.5. The average Bonchev–Trinajstić information content (AvgIpc) is 3.66. The summed E-state index contributed by atoms with van der Waals surface area (Å²) < 4.78 is 0. The molecular weight excluding hydrogens is 364 g/mol. The number of rotatable bonds is 4. The monoisotopic (exact) mass is 390 g/mol. The van der Waals surface area contributed by atoms with Gasteiger partial charge in [0.25, 0.3) is 0 Å². The minimum atomic E-state index is -0.905. The van der Waals surface area contributed by atoms with Crippen LogP contribution < -0.4 is 5.73 Å². The molecule has 1 amide bonds. The molecule has 2 saturated carbocycles. The number of hydrogen-bond acceptors (Lipinski definition) is 3. The molecule has 150 valence electrons. The second kappa shape index (κ2) is 6.42. The standard InChI is InChI=1S/C24H26N2O3/c25-24(9-10-24)22(29)26-13-11-23(12-14-26)15-20(23)18-5-1-16(2-6-18)17-3-7-19(8-4-17)21(27)28/h1-8,20H,9-15,25H2,(H,27,28)/t20-/m0/s1. The number of aromatic carboxylic acids is 1. The van der Waals surface area contributed by atoms with Crippen LogP contribution in [-0.2, 0) is 4.79 Å². The highest BCUT2D eigenvalue weighted by molar-refractivity contribution is 5.89. The summed E-state index contributed by atoms with van der Waals surface area (Å²) in [6.45, 7) is 1.67. The average molecular weight is 390 g/mol. The minimum absolute atomic E-state index is 0.155. The van der Waals surface area contributed by atoms with Crippen molar-refractivity contribution in [3.05, 3.63) is 59.7 Å². The van der Waals surface area contributed by atoms with Crippen molar-refractivity contribution >= 4 is 11.9 Å². The predicted octanol–water partition coefficient (Wildman–Crippen LogP) is 3.64. The Morgan fingerprint density at radius 3 is 1.97 bits per heavy atom. The molecule has 1 aliphatic heterocycles. The number of carboxylic acid groups (broad SMARTS) is 1. The first-order valence-corrected chi connectivity index (χ1v) is 10.4. The van der Waals surface area contributed by atoms with Crippen LogP contribution in [0.15, 0.2) is 48.5 Å². The van der Waals surface area contributed by atoms with Crippen molar-refractivity contribution < 1.29 is 14.7 Å². The van der Waals surface area contributed by atoms with Crippen LogP contribution in [0.3, 0.4) is 0 Å². The van der Waals surface area contributed by atoms with Gasteiger partial charge in [0.15, 0.2) is 0 Å². The van der Waals surface area contributed by atoms with Gasteiger partial charge in [-0.1, -0.05) is 36.4 Å². The first-order chi connectivity index (χ1) is 13.9. The first kappa shape index (κ1) is 18.4. The lowest BCUT2D eigenvalue weighted by molar-refractivity contribution is -0.135. The van der Waals surface area contributed by atoms with Crippen LogP contribution in [0.2, 0.25) is 0 Å². The largest absolute Gasteiger partial charge is 0.478 e. The third kappa shape index (κ3) is 3.23. The molecule has 2 aromatic rings. The molecule has 3 N–H and O–H groups in total. The Kier molecular flexibility index (Phi) is 4.07. The Hall–Kier alpha value is -2.66. The van der Waals surface area contributed by atoms with E-state index in [4.69, 9.17) is 10.8 Å². The molecule has 1 heterocycles. The van der Waals surface area contributed by atoms with Crippen LogP contribution in [0.1, 0.15) is 53.9 Å². The van der Waals surface area contributed by atoms with Gasteiger partial charge >= 0.3 is 5.97 Å². The summed E-state index contributed by atoms with van der Waals surface area (Å²) in [6.07, 6.45) is 5.01. The van der Waals surface area contributed by atoms with Crippen molar-refractivity contribution in [3.63, 3.8) is 0 Å². The molecule has 1 spiro atoms. The SMILES string of the molecule is NC1(C(=O)N2CCC3(CC2)C[C@H]3c2ccc(-c3ccc(C(=O)O)cc3)cc2)CC1. The fraction of sp³-hybridized carbons (Fsp3) is 0.417. The molecule has 2 aromatic carbocycles. The topological polar surface area (TPSA) is 83.6 Å². The van der Waals surface area contributed by atoms with Gasteiger partial charge in [0.05, 0.1) is 11.1 Å². The summed E-state index contributed by atoms with van der Waals surface area (Å²) in [4.78, 5) is 25.5. The Bertz CT molecular complexity index is 953. The molecular formula is C24H26N2O3. The van der Waals surface area contributed by atoms with E-state index in [0.717, 1.165) is 49.9 Å². The van der Waals surface area contributed by atoms with E-state index in [0.29, 0.717) is 16.9 Å². The van der Waals surface area contributed by atoms with Gasteiger partial charge in [0.2, 0.25) is 5.91 Å². The van der Waals surface area contributed by atoms with E-state index in [2.05, 4.69) is 24.3 Å². The number of carboxylic acids is 1. The lowest BCUT2D eigenvalue weighted by Crippen LogP contribution is -2.49. The van der Waals surface area contributed by atoms with E-state index in [1.165, 1.54) is 12.0 Å². The highest BCUT2D eigenvalue weighted by Gasteiger charge is 2.57. The van der Waals surface area contributed by atoms with Crippen LogP contribution in [0.25, 0.3) is 11.1 Å². The Balaban J connectivity index is 1.23. The third-order valence-electron chi connectivity index (χ3n) is 7.23. The number of carbonyl (C=O) groups is 2. The molecule has 29 heavy (non-hydrogen) atoms. The van der Waals surface area contributed by atoms with E-state index < -0.39 is 11.5 Å². The molecule has 3 fully saturated rings. The summed E-state index contributed by atoms with van der Waals surface area (Å²) >= 11 is 0. The zero-order valence-electron chi connectivity index (χ0n) is 16.4. The second-order valence-corrected chi connectivity index (χ2v) is 9.07. The van der Waals surface area contributed by atoms with E-state index in [1.807, 2.05) is 17.0 Å². The van der Waals surface area contributed by atoms with Gasteiger partial charge in [-0.15, -0.1) is 0 Å². The molecule has 1 saturated heterocycles. The number of carbonyl (C=O) groups excluding carboxylic acids is 1. The van der Waals surface area contributed by atoms with Crippen molar-refractivity contribution in [2.45, 2.75) is 43.6 Å². The predicted molar refractivity (Wildman–Crippen MR) is 111 cm³/mol. The van der Waals surface area contributed by atoms with Gasteiger partial charge in [-0.3, -0.25) is 4.79 Å². The van der Waals surface area contributed by atoms with Gasteiger partial charge in [0.1, 0.15) is 0 Å². The molecule has 5 rings (SSSR count). The first-order valence-electron chi connectivity index (χ1n) is 10.4. The zero-order chi connectivity index (χ0) is 20.2. The lowest BCUT2D eigenvalue weighted by atomic mass is 9.88. The molecule has 0 bridgehead atoms. The molecule has 0 unspecified atom stereocenters. The molecule has 2 aliphatic carbocycles. The third-order valence-corrected chi connectivity index (χ3v) is 7.23. The van der Waals surface area contributed by atoms with E-state index in [-0.39, 0.29) is 5.91 Å². The van der Waals surface area contributed by atoms with Gasteiger partial charge in [-0.2, -0.15) is 0 Å². The molecule has 5 nitrogen and oxygen atoms in total. The summed E-state index contributed by atoms with van der Waals surface area (Å²) in [7, 11) is 0. The fourth-order valence-corrected chi connectivity index (χ4v) is 4.90. The van der Waals surface area contributed by atoms with Crippen LogP contribution in [0.5, 0.6) is 0 Å². The Morgan fingerprint density at radius 1 is 0.897 bits per heavy atom. The summed E-state index contributed by atoms with van der Waals surface area (Å²) in [6, 6.07) is 15.7. The quantitative estimate of drug-likeness (QED) is 0.835. The minimum Gasteiger partial charge on any atom is -0.478 e. The van der Waals surface area contributed by atoms with Crippen LogP contribution in [-0.4, -0.2) is 40.5 Å². The highest BCUT2D eigenvalue weighted by Crippen LogP contribution is 2.65. The van der Waals surface area contributed by atoms with Crippen molar-refractivity contribution in [1.82, 2.24) is 4.90 Å². The number of hydrogen-bond donors (Lipinski definition) is 2. The summed E-state index contributed by atoms with van der Waals surface area (Å²) in [5.74, 6) is -0.170. The molecule has 3 aliphatic rings. The normalized spacial score (nSPS) is 23.6. The van der Waals surface area contributed by atoms with Crippen molar-refractivity contribution in [1.29, 1.82) is 0 Å². The van der Waals surface area contributed by atoms with Crippen molar-refractivity contribution in [2.24, 2.45) is 11.1 Å². The summed E-state index contributed by atoms with van der Waals surface area (Å²) in [5.41, 5.74) is 9.68. The molecule has 0 radical (unpaired) electrons. The fourth-order valence-electron chi connectivity index (χ4n) is 4.90. The van der Waals surface area contributed by atoms with Crippen LogP contribution in [0, 0.1) is 5.41 Å². The number of nitrogens with two attached hydrogens (primary N) is 1. The summed E-state index contributed by atoms with van der Waals surface area (Å²) in [5, 5.41) is 9.03. The molecule has 1 atom stereocenters. The number of benzene rings is 2. The van der Waals surface area contributed by atoms with Crippen molar-refractivity contribution in [2.75, 3.05) is 13.1 Å². The smallest absolute Gasteiger partial charge is 0.335 e. The van der Waals surface area contributed by atoms with Crippen molar-refractivity contribution in [3.8, 4) is 11.1 Å².